The summed E-state index contributed by atoms with van der Waals surface area (Å²) in [4.78, 5) is 0. The predicted octanol–water partition coefficient (Wildman–Crippen LogP) is 3.96. The third kappa shape index (κ3) is 6.25. The van der Waals surface area contributed by atoms with Gasteiger partial charge < -0.3 is 4.43 Å². The molecule has 6 heteroatoms. The summed E-state index contributed by atoms with van der Waals surface area (Å²) >= 11 is 0. The van der Waals surface area contributed by atoms with Gasteiger partial charge in [0.15, 0.2) is 0 Å². The van der Waals surface area contributed by atoms with Gasteiger partial charge in [0.25, 0.3) is 18.4 Å². The fraction of sp³-hybridized carbons (Fsp3) is 0.478. The SMILES string of the molecule is CC(C)(CCOS(C)(=O)=O)CO[Si](c1ccccc1)(c1ccccc1)C(C)(C)C. The van der Waals surface area contributed by atoms with Gasteiger partial charge in [-0.25, -0.2) is 0 Å². The fourth-order valence-electron chi connectivity index (χ4n) is 3.61. The fourth-order valence-corrected chi connectivity index (χ4v) is 8.76. The molecule has 0 aromatic heterocycles. The average Bonchev–Trinajstić information content (AvgIpc) is 2.61. The van der Waals surface area contributed by atoms with Crippen molar-refractivity contribution in [2.24, 2.45) is 5.41 Å². The molecule has 2 rings (SSSR count). The monoisotopic (exact) mass is 434 g/mol. The van der Waals surface area contributed by atoms with Crippen molar-refractivity contribution >= 4 is 28.8 Å². The summed E-state index contributed by atoms with van der Waals surface area (Å²) < 4.78 is 34.5. The van der Waals surface area contributed by atoms with E-state index in [1.54, 1.807) is 0 Å². The van der Waals surface area contributed by atoms with Crippen LogP contribution in [-0.2, 0) is 18.7 Å². The Morgan fingerprint density at radius 2 is 1.28 bits per heavy atom. The zero-order valence-electron chi connectivity index (χ0n) is 18.4. The van der Waals surface area contributed by atoms with E-state index in [0.717, 1.165) is 6.26 Å². The summed E-state index contributed by atoms with van der Waals surface area (Å²) in [6.45, 7) is 11.6. The number of hydrogen-bond acceptors (Lipinski definition) is 4. The van der Waals surface area contributed by atoms with Gasteiger partial charge in [-0.2, -0.15) is 8.42 Å². The van der Waals surface area contributed by atoms with E-state index in [1.807, 2.05) is 12.1 Å². The van der Waals surface area contributed by atoms with E-state index in [4.69, 9.17) is 8.61 Å². The first-order valence-corrected chi connectivity index (χ1v) is 13.7. The summed E-state index contributed by atoms with van der Waals surface area (Å²) in [7, 11) is -6.03. The molecule has 0 unspecified atom stereocenters. The Kier molecular flexibility index (Phi) is 7.49. The molecule has 0 radical (unpaired) electrons. The lowest BCUT2D eigenvalue weighted by atomic mass is 9.91. The topological polar surface area (TPSA) is 52.6 Å². The Morgan fingerprint density at radius 1 is 0.828 bits per heavy atom. The lowest BCUT2D eigenvalue weighted by Gasteiger charge is -2.44. The summed E-state index contributed by atoms with van der Waals surface area (Å²) in [5, 5.41) is 2.39. The highest BCUT2D eigenvalue weighted by Gasteiger charge is 2.50. The summed E-state index contributed by atoms with van der Waals surface area (Å²) in [5.41, 5.74) is -0.224. The van der Waals surface area contributed by atoms with Gasteiger partial charge in [-0.05, 0) is 27.2 Å². The van der Waals surface area contributed by atoms with Crippen LogP contribution in [0.25, 0.3) is 0 Å². The minimum atomic E-state index is -3.43. The van der Waals surface area contributed by atoms with Crippen molar-refractivity contribution < 1.29 is 17.0 Å². The Morgan fingerprint density at radius 3 is 1.66 bits per heavy atom. The van der Waals surface area contributed by atoms with E-state index in [0.29, 0.717) is 13.0 Å². The minimum Gasteiger partial charge on any atom is -0.407 e. The van der Waals surface area contributed by atoms with Gasteiger partial charge in [0.1, 0.15) is 0 Å². The van der Waals surface area contributed by atoms with Gasteiger partial charge in [0.05, 0.1) is 12.9 Å². The molecule has 0 aliphatic carbocycles. The second-order valence-electron chi connectivity index (χ2n) is 9.39. The summed E-state index contributed by atoms with van der Waals surface area (Å²) in [6, 6.07) is 21.0. The van der Waals surface area contributed by atoms with Crippen LogP contribution in [-0.4, -0.2) is 36.2 Å². The van der Waals surface area contributed by atoms with Gasteiger partial charge in [0, 0.05) is 6.61 Å². The molecule has 2 aromatic rings. The molecule has 4 nitrogen and oxygen atoms in total. The largest absolute Gasteiger partial charge is 0.407 e. The zero-order chi connectivity index (χ0) is 21.8. The van der Waals surface area contributed by atoms with Crippen LogP contribution in [0.5, 0.6) is 0 Å². The molecule has 29 heavy (non-hydrogen) atoms. The molecule has 0 spiro atoms. The van der Waals surface area contributed by atoms with Gasteiger partial charge in [0.2, 0.25) is 0 Å². The third-order valence-corrected chi connectivity index (χ3v) is 10.7. The van der Waals surface area contributed by atoms with Crippen molar-refractivity contribution in [3.05, 3.63) is 60.7 Å². The van der Waals surface area contributed by atoms with Crippen molar-refractivity contribution in [2.45, 2.75) is 46.1 Å². The minimum absolute atomic E-state index is 0.0882. The van der Waals surface area contributed by atoms with Gasteiger partial charge >= 0.3 is 0 Å². The summed E-state index contributed by atoms with van der Waals surface area (Å²) in [5.74, 6) is 0. The van der Waals surface area contributed by atoms with Crippen LogP contribution in [0.4, 0.5) is 0 Å². The maximum absolute atomic E-state index is 11.3. The van der Waals surface area contributed by atoms with Gasteiger partial charge in [-0.1, -0.05) is 95.3 Å². The molecular weight excluding hydrogens is 400 g/mol. The molecule has 0 aliphatic heterocycles. The van der Waals surface area contributed by atoms with Crippen LogP contribution in [0.1, 0.15) is 41.0 Å². The lowest BCUT2D eigenvalue weighted by Crippen LogP contribution is -2.67. The maximum atomic E-state index is 11.3. The van der Waals surface area contributed by atoms with Crippen molar-refractivity contribution in [3.8, 4) is 0 Å². The number of rotatable bonds is 9. The second-order valence-corrected chi connectivity index (χ2v) is 15.3. The molecule has 2 aromatic carbocycles. The Balaban J connectivity index is 2.38. The average molecular weight is 435 g/mol. The highest BCUT2D eigenvalue weighted by Crippen LogP contribution is 2.38. The van der Waals surface area contributed by atoms with Gasteiger partial charge in [-0.15, -0.1) is 0 Å². The molecule has 0 saturated heterocycles. The van der Waals surface area contributed by atoms with Crippen molar-refractivity contribution in [1.82, 2.24) is 0 Å². The third-order valence-electron chi connectivity index (χ3n) is 5.17. The smallest absolute Gasteiger partial charge is 0.264 e. The van der Waals surface area contributed by atoms with Crippen LogP contribution in [0.15, 0.2) is 60.7 Å². The zero-order valence-corrected chi connectivity index (χ0v) is 20.3. The van der Waals surface area contributed by atoms with E-state index < -0.39 is 18.4 Å². The predicted molar refractivity (Wildman–Crippen MR) is 123 cm³/mol. The van der Waals surface area contributed by atoms with Crippen molar-refractivity contribution in [3.63, 3.8) is 0 Å². The number of benzene rings is 2. The molecule has 0 bridgehead atoms. The Bertz CT molecular complexity index is 833. The highest BCUT2D eigenvalue weighted by atomic mass is 32.2. The van der Waals surface area contributed by atoms with Crippen molar-refractivity contribution in [1.29, 1.82) is 0 Å². The van der Waals surface area contributed by atoms with Crippen LogP contribution in [0, 0.1) is 5.41 Å². The molecule has 160 valence electrons. The normalized spacial score (nSPS) is 13.4. The molecule has 0 atom stereocenters. The number of hydrogen-bond donors (Lipinski definition) is 0. The first-order valence-electron chi connectivity index (χ1n) is 9.97. The van der Waals surface area contributed by atoms with E-state index in [2.05, 4.69) is 83.1 Å². The molecular formula is C23H34O4SSi. The molecule has 0 N–H and O–H groups in total. The van der Waals surface area contributed by atoms with Crippen LogP contribution in [0.2, 0.25) is 5.04 Å². The Labute approximate surface area is 177 Å². The van der Waals surface area contributed by atoms with Crippen LogP contribution >= 0.6 is 0 Å². The van der Waals surface area contributed by atoms with E-state index in [-0.39, 0.29) is 17.1 Å². The molecule has 0 fully saturated rings. The summed E-state index contributed by atoms with van der Waals surface area (Å²) in [6.07, 6.45) is 1.68. The van der Waals surface area contributed by atoms with E-state index in [1.165, 1.54) is 10.4 Å². The molecule has 0 heterocycles. The van der Waals surface area contributed by atoms with E-state index in [9.17, 15) is 8.42 Å². The lowest BCUT2D eigenvalue weighted by molar-refractivity contribution is 0.138. The first-order chi connectivity index (χ1) is 13.4. The second kappa shape index (κ2) is 9.12. The quantitative estimate of drug-likeness (QED) is 0.443. The van der Waals surface area contributed by atoms with Crippen molar-refractivity contribution in [2.75, 3.05) is 19.5 Å². The Hall–Kier alpha value is -1.47. The van der Waals surface area contributed by atoms with Gasteiger partial charge in [-0.3, -0.25) is 4.18 Å². The van der Waals surface area contributed by atoms with Crippen LogP contribution < -0.4 is 10.4 Å². The standard InChI is InChI=1S/C23H34O4SSi/c1-22(2,3)29(20-13-9-7-10-14-20,21-15-11-8-12-16-21)27-19-23(4,5)17-18-26-28(6,24)25/h7-16H,17-19H2,1-6H3. The molecule has 0 amide bonds. The first kappa shape index (κ1) is 23.8. The molecule has 0 saturated carbocycles. The van der Waals surface area contributed by atoms with E-state index >= 15 is 0 Å². The molecule has 0 aliphatic rings. The van der Waals surface area contributed by atoms with Crippen LogP contribution in [0.3, 0.4) is 0 Å². The maximum Gasteiger partial charge on any atom is 0.264 e. The highest BCUT2D eigenvalue weighted by molar-refractivity contribution is 7.85.